The number of benzene rings is 2. The maximum atomic E-state index is 14.5. The molecule has 1 aromatic heterocycles. The lowest BCUT2D eigenvalue weighted by atomic mass is 9.77. The number of aliphatic imine (C=N–C) groups is 1. The highest BCUT2D eigenvalue weighted by molar-refractivity contribution is 9.10. The molecule has 8 heteroatoms. The number of nitrogens with two attached hydrogens (primary N) is 1. The molecule has 3 nitrogen and oxygen atoms in total. The molecule has 0 saturated heterocycles. The molecule has 1 aliphatic heterocycles. The second-order valence-electron chi connectivity index (χ2n) is 6.30. The first-order valence-corrected chi connectivity index (χ1v) is 8.98. The molecular weight excluding hydrogens is 438 g/mol. The standard InChI is InChI=1S/C20H12BrF4N3/c21-12-3-1-2-10(6-12)20(11-4-5-27-16(7-11)18(24)25)14-8-13(22)9-15(23)17(14)19(26)28-20/h1-9,18H,(H2,26,28). The van der Waals surface area contributed by atoms with Gasteiger partial charge in [-0.25, -0.2) is 22.6 Å². The van der Waals surface area contributed by atoms with Crippen LogP contribution in [0.5, 0.6) is 0 Å². The Morgan fingerprint density at radius 3 is 2.46 bits per heavy atom. The van der Waals surface area contributed by atoms with E-state index in [2.05, 4.69) is 25.9 Å². The molecule has 142 valence electrons. The summed E-state index contributed by atoms with van der Waals surface area (Å²) >= 11 is 3.37. The highest BCUT2D eigenvalue weighted by Gasteiger charge is 2.45. The van der Waals surface area contributed by atoms with Crippen LogP contribution in [0.1, 0.15) is 34.4 Å². The molecule has 0 spiro atoms. The first kappa shape index (κ1) is 18.6. The topological polar surface area (TPSA) is 51.3 Å². The second kappa shape index (κ2) is 6.70. The summed E-state index contributed by atoms with van der Waals surface area (Å²) in [5.41, 5.74) is 4.94. The maximum absolute atomic E-state index is 14.5. The Morgan fingerprint density at radius 2 is 1.75 bits per heavy atom. The minimum Gasteiger partial charge on any atom is -0.383 e. The molecule has 2 aromatic carbocycles. The van der Waals surface area contributed by atoms with Crippen molar-refractivity contribution in [2.45, 2.75) is 12.0 Å². The molecule has 1 atom stereocenters. The van der Waals surface area contributed by atoms with E-state index in [1.54, 1.807) is 24.3 Å². The van der Waals surface area contributed by atoms with Gasteiger partial charge in [-0.1, -0.05) is 28.1 Å². The van der Waals surface area contributed by atoms with E-state index in [-0.39, 0.29) is 22.5 Å². The van der Waals surface area contributed by atoms with Crippen LogP contribution in [-0.4, -0.2) is 10.8 Å². The summed E-state index contributed by atoms with van der Waals surface area (Å²) < 4.78 is 55.9. The van der Waals surface area contributed by atoms with E-state index in [0.29, 0.717) is 10.0 Å². The van der Waals surface area contributed by atoms with Gasteiger partial charge in [-0.2, -0.15) is 0 Å². The zero-order valence-electron chi connectivity index (χ0n) is 14.1. The van der Waals surface area contributed by atoms with Gasteiger partial charge in [-0.05, 0) is 41.5 Å². The number of nitrogens with zero attached hydrogens (tertiary/aromatic N) is 2. The third-order valence-corrected chi connectivity index (χ3v) is 5.15. The Hall–Kier alpha value is -2.74. The van der Waals surface area contributed by atoms with Gasteiger partial charge in [0.1, 0.15) is 28.7 Å². The van der Waals surface area contributed by atoms with Crippen LogP contribution in [-0.2, 0) is 5.54 Å². The Morgan fingerprint density at radius 1 is 1.00 bits per heavy atom. The summed E-state index contributed by atoms with van der Waals surface area (Å²) in [7, 11) is 0. The number of aromatic nitrogens is 1. The van der Waals surface area contributed by atoms with Gasteiger partial charge in [0.2, 0.25) is 0 Å². The van der Waals surface area contributed by atoms with Crippen molar-refractivity contribution in [2.75, 3.05) is 0 Å². The van der Waals surface area contributed by atoms with Gasteiger partial charge in [-0.15, -0.1) is 0 Å². The number of pyridine rings is 1. The molecule has 0 fully saturated rings. The monoisotopic (exact) mass is 449 g/mol. The Balaban J connectivity index is 2.11. The zero-order valence-corrected chi connectivity index (χ0v) is 15.7. The highest BCUT2D eigenvalue weighted by atomic mass is 79.9. The van der Waals surface area contributed by atoms with E-state index in [1.165, 1.54) is 18.3 Å². The average molecular weight is 450 g/mol. The van der Waals surface area contributed by atoms with Gasteiger partial charge in [0.05, 0.1) is 5.56 Å². The van der Waals surface area contributed by atoms with Crippen molar-refractivity contribution >= 4 is 21.8 Å². The molecule has 2 N–H and O–H groups in total. The summed E-state index contributed by atoms with van der Waals surface area (Å²) in [6.45, 7) is 0. The lowest BCUT2D eigenvalue weighted by molar-refractivity contribution is 0.146. The predicted octanol–water partition coefficient (Wildman–Crippen LogP) is 5.07. The van der Waals surface area contributed by atoms with Crippen molar-refractivity contribution in [2.24, 2.45) is 10.7 Å². The Labute approximate surface area is 166 Å². The van der Waals surface area contributed by atoms with Crippen LogP contribution in [0.15, 0.2) is 64.2 Å². The molecule has 0 radical (unpaired) electrons. The van der Waals surface area contributed by atoms with E-state index in [1.807, 2.05) is 0 Å². The maximum Gasteiger partial charge on any atom is 0.280 e. The molecule has 1 unspecified atom stereocenters. The van der Waals surface area contributed by atoms with Gasteiger partial charge in [-0.3, -0.25) is 4.98 Å². The summed E-state index contributed by atoms with van der Waals surface area (Å²) in [6, 6.07) is 11.4. The third-order valence-electron chi connectivity index (χ3n) is 4.65. The fourth-order valence-corrected chi connectivity index (χ4v) is 3.93. The number of amidine groups is 1. The van der Waals surface area contributed by atoms with Gasteiger partial charge in [0.15, 0.2) is 0 Å². The largest absolute Gasteiger partial charge is 0.383 e. The zero-order chi connectivity index (χ0) is 20.1. The molecule has 0 amide bonds. The van der Waals surface area contributed by atoms with Crippen LogP contribution in [0, 0.1) is 11.6 Å². The Kier molecular flexibility index (Phi) is 4.45. The van der Waals surface area contributed by atoms with E-state index in [0.717, 1.165) is 12.1 Å². The average Bonchev–Trinajstić information content (AvgIpc) is 2.95. The van der Waals surface area contributed by atoms with Crippen LogP contribution in [0.25, 0.3) is 0 Å². The van der Waals surface area contributed by atoms with Crippen LogP contribution in [0.2, 0.25) is 0 Å². The Bertz CT molecular complexity index is 1120. The molecular formula is C20H12BrF4N3. The smallest absolute Gasteiger partial charge is 0.280 e. The van der Waals surface area contributed by atoms with Crippen LogP contribution < -0.4 is 5.73 Å². The number of alkyl halides is 2. The number of fused-ring (bicyclic) bond motifs is 1. The van der Waals surface area contributed by atoms with E-state index < -0.39 is 29.3 Å². The quantitative estimate of drug-likeness (QED) is 0.567. The van der Waals surface area contributed by atoms with Crippen molar-refractivity contribution in [3.05, 3.63) is 98.8 Å². The molecule has 0 saturated carbocycles. The lowest BCUT2D eigenvalue weighted by Crippen LogP contribution is -2.26. The summed E-state index contributed by atoms with van der Waals surface area (Å²) in [5.74, 6) is -1.82. The lowest BCUT2D eigenvalue weighted by Gasteiger charge is -2.29. The van der Waals surface area contributed by atoms with Crippen molar-refractivity contribution in [3.63, 3.8) is 0 Å². The van der Waals surface area contributed by atoms with Crippen molar-refractivity contribution in [1.82, 2.24) is 4.98 Å². The predicted molar refractivity (Wildman–Crippen MR) is 100 cm³/mol. The van der Waals surface area contributed by atoms with Crippen molar-refractivity contribution < 1.29 is 17.6 Å². The van der Waals surface area contributed by atoms with Crippen LogP contribution in [0.4, 0.5) is 17.6 Å². The number of halogens is 5. The molecule has 2 heterocycles. The fourth-order valence-electron chi connectivity index (χ4n) is 3.53. The van der Waals surface area contributed by atoms with Gasteiger partial charge in [0, 0.05) is 22.3 Å². The minimum absolute atomic E-state index is 0.0446. The van der Waals surface area contributed by atoms with E-state index in [9.17, 15) is 17.6 Å². The van der Waals surface area contributed by atoms with Gasteiger partial charge >= 0.3 is 0 Å². The van der Waals surface area contributed by atoms with Crippen molar-refractivity contribution in [1.29, 1.82) is 0 Å². The molecule has 3 aromatic rings. The van der Waals surface area contributed by atoms with Gasteiger partial charge in [0.25, 0.3) is 6.43 Å². The first-order chi connectivity index (χ1) is 13.3. The minimum atomic E-state index is -2.81. The highest BCUT2D eigenvalue weighted by Crippen LogP contribution is 2.47. The number of hydrogen-bond acceptors (Lipinski definition) is 3. The normalized spacial score (nSPS) is 18.3. The van der Waals surface area contributed by atoms with E-state index in [4.69, 9.17) is 5.73 Å². The molecule has 1 aliphatic rings. The number of hydrogen-bond donors (Lipinski definition) is 1. The molecule has 28 heavy (non-hydrogen) atoms. The molecule has 4 rings (SSSR count). The summed E-state index contributed by atoms with van der Waals surface area (Å²) in [6.07, 6.45) is -1.60. The van der Waals surface area contributed by atoms with Crippen molar-refractivity contribution in [3.8, 4) is 0 Å². The number of rotatable bonds is 3. The fraction of sp³-hybridized carbons (Fsp3) is 0.100. The second-order valence-corrected chi connectivity index (χ2v) is 7.21. The summed E-state index contributed by atoms with van der Waals surface area (Å²) in [4.78, 5) is 8.14. The first-order valence-electron chi connectivity index (χ1n) is 8.19. The molecule has 0 aliphatic carbocycles. The van der Waals surface area contributed by atoms with E-state index >= 15 is 0 Å². The third kappa shape index (κ3) is 2.79. The van der Waals surface area contributed by atoms with Crippen LogP contribution >= 0.6 is 15.9 Å². The SMILES string of the molecule is NC1=NC(c2cccc(Br)c2)(c2ccnc(C(F)F)c2)c2cc(F)cc(F)c21. The molecule has 0 bridgehead atoms. The van der Waals surface area contributed by atoms with Gasteiger partial charge < -0.3 is 5.73 Å². The van der Waals surface area contributed by atoms with Crippen LogP contribution in [0.3, 0.4) is 0 Å². The summed E-state index contributed by atoms with van der Waals surface area (Å²) in [5, 5.41) is 0.